The van der Waals surface area contributed by atoms with Crippen molar-refractivity contribution < 1.29 is 4.74 Å². The molecule has 0 unspecified atom stereocenters. The smallest absolute Gasteiger partial charge is 0.119 e. The maximum absolute atomic E-state index is 5.80. The van der Waals surface area contributed by atoms with Gasteiger partial charge in [0, 0.05) is 5.02 Å². The quantitative estimate of drug-likeness (QED) is 0.854. The molecular formula is C12H16ClNO. The Hall–Kier alpha value is -0.730. The van der Waals surface area contributed by atoms with Gasteiger partial charge in [0.05, 0.1) is 6.61 Å². The Morgan fingerprint density at radius 2 is 1.87 bits per heavy atom. The van der Waals surface area contributed by atoms with E-state index in [0.717, 1.165) is 30.5 Å². The van der Waals surface area contributed by atoms with Gasteiger partial charge in [-0.05, 0) is 56.1 Å². The lowest BCUT2D eigenvalue weighted by Crippen LogP contribution is -2.30. The van der Waals surface area contributed by atoms with Gasteiger partial charge >= 0.3 is 0 Å². The third-order valence-electron chi connectivity index (χ3n) is 2.76. The number of piperidine rings is 1. The summed E-state index contributed by atoms with van der Waals surface area (Å²) < 4.78 is 5.71. The Labute approximate surface area is 95.6 Å². The molecule has 15 heavy (non-hydrogen) atoms. The van der Waals surface area contributed by atoms with Crippen molar-refractivity contribution in [2.24, 2.45) is 5.92 Å². The van der Waals surface area contributed by atoms with Crippen LogP contribution in [0.2, 0.25) is 5.02 Å². The van der Waals surface area contributed by atoms with Crippen LogP contribution >= 0.6 is 11.6 Å². The van der Waals surface area contributed by atoms with E-state index >= 15 is 0 Å². The number of halogens is 1. The van der Waals surface area contributed by atoms with Crippen molar-refractivity contribution in [3.8, 4) is 5.75 Å². The largest absolute Gasteiger partial charge is 0.493 e. The second-order valence-electron chi connectivity index (χ2n) is 3.96. The van der Waals surface area contributed by atoms with Crippen LogP contribution in [0.15, 0.2) is 24.3 Å². The molecule has 0 atom stereocenters. The Bertz CT molecular complexity index is 293. The maximum Gasteiger partial charge on any atom is 0.119 e. The SMILES string of the molecule is Clc1ccc(OCC2CCNCC2)cc1. The minimum atomic E-state index is 0.696. The standard InChI is InChI=1S/C12H16ClNO/c13-11-1-3-12(4-2-11)15-9-10-5-7-14-8-6-10/h1-4,10,14H,5-9H2. The van der Waals surface area contributed by atoms with E-state index in [2.05, 4.69) is 5.32 Å². The van der Waals surface area contributed by atoms with Crippen LogP contribution in [0.1, 0.15) is 12.8 Å². The Morgan fingerprint density at radius 3 is 2.53 bits per heavy atom. The van der Waals surface area contributed by atoms with Gasteiger partial charge in [-0.25, -0.2) is 0 Å². The fourth-order valence-corrected chi connectivity index (χ4v) is 1.92. The third kappa shape index (κ3) is 3.40. The average Bonchev–Trinajstić information content (AvgIpc) is 2.30. The van der Waals surface area contributed by atoms with Crippen LogP contribution in [0.4, 0.5) is 0 Å². The monoisotopic (exact) mass is 225 g/mol. The lowest BCUT2D eigenvalue weighted by molar-refractivity contribution is 0.215. The molecule has 0 aliphatic carbocycles. The zero-order valence-corrected chi connectivity index (χ0v) is 9.46. The van der Waals surface area contributed by atoms with Crippen molar-refractivity contribution in [2.75, 3.05) is 19.7 Å². The number of ether oxygens (including phenoxy) is 1. The zero-order valence-electron chi connectivity index (χ0n) is 8.71. The summed E-state index contributed by atoms with van der Waals surface area (Å²) in [5.41, 5.74) is 0. The van der Waals surface area contributed by atoms with Crippen LogP contribution in [0.3, 0.4) is 0 Å². The molecule has 2 nitrogen and oxygen atoms in total. The molecule has 1 aliphatic rings. The average molecular weight is 226 g/mol. The number of hydrogen-bond acceptors (Lipinski definition) is 2. The second kappa shape index (κ2) is 5.38. The van der Waals surface area contributed by atoms with Crippen molar-refractivity contribution in [3.63, 3.8) is 0 Å². The van der Waals surface area contributed by atoms with E-state index in [1.54, 1.807) is 0 Å². The van der Waals surface area contributed by atoms with Crippen molar-refractivity contribution in [3.05, 3.63) is 29.3 Å². The predicted octanol–water partition coefficient (Wildman–Crippen LogP) is 2.72. The van der Waals surface area contributed by atoms with Gasteiger partial charge in [0.25, 0.3) is 0 Å². The van der Waals surface area contributed by atoms with Gasteiger partial charge in [0.2, 0.25) is 0 Å². The first-order valence-electron chi connectivity index (χ1n) is 5.44. The summed E-state index contributed by atoms with van der Waals surface area (Å²) in [5, 5.41) is 4.10. The zero-order chi connectivity index (χ0) is 10.5. The van der Waals surface area contributed by atoms with E-state index in [1.165, 1.54) is 12.8 Å². The fourth-order valence-electron chi connectivity index (χ4n) is 1.79. The van der Waals surface area contributed by atoms with E-state index < -0.39 is 0 Å². The number of hydrogen-bond donors (Lipinski definition) is 1. The lowest BCUT2D eigenvalue weighted by Gasteiger charge is -2.22. The van der Waals surface area contributed by atoms with Gasteiger partial charge in [0.1, 0.15) is 5.75 Å². The molecule has 1 aliphatic heterocycles. The molecule has 3 heteroatoms. The molecule has 82 valence electrons. The summed E-state index contributed by atoms with van der Waals surface area (Å²) in [5.74, 6) is 1.61. The van der Waals surface area contributed by atoms with E-state index in [0.29, 0.717) is 5.92 Å². The van der Waals surface area contributed by atoms with Gasteiger partial charge in [-0.3, -0.25) is 0 Å². The molecule has 0 bridgehead atoms. The Morgan fingerprint density at radius 1 is 1.20 bits per heavy atom. The molecular weight excluding hydrogens is 210 g/mol. The van der Waals surface area contributed by atoms with Crippen molar-refractivity contribution in [2.45, 2.75) is 12.8 Å². The first kappa shape index (κ1) is 10.8. The molecule has 1 heterocycles. The van der Waals surface area contributed by atoms with E-state index in [1.807, 2.05) is 24.3 Å². The molecule has 0 amide bonds. The van der Waals surface area contributed by atoms with Crippen molar-refractivity contribution in [1.82, 2.24) is 5.32 Å². The molecule has 1 aromatic rings. The first-order chi connectivity index (χ1) is 7.34. The van der Waals surface area contributed by atoms with Gasteiger partial charge in [-0.15, -0.1) is 0 Å². The summed E-state index contributed by atoms with van der Waals surface area (Å²) >= 11 is 5.80. The topological polar surface area (TPSA) is 21.3 Å². The van der Waals surface area contributed by atoms with Crippen LogP contribution < -0.4 is 10.1 Å². The van der Waals surface area contributed by atoms with Gasteiger partial charge in [0.15, 0.2) is 0 Å². The second-order valence-corrected chi connectivity index (χ2v) is 4.39. The minimum Gasteiger partial charge on any atom is -0.493 e. The predicted molar refractivity (Wildman–Crippen MR) is 62.5 cm³/mol. The van der Waals surface area contributed by atoms with Crippen LogP contribution in [0, 0.1) is 5.92 Å². The Kier molecular flexibility index (Phi) is 3.87. The summed E-state index contributed by atoms with van der Waals surface area (Å²) in [6.07, 6.45) is 2.43. The van der Waals surface area contributed by atoms with Gasteiger partial charge in [-0.1, -0.05) is 11.6 Å². The molecule has 2 rings (SSSR count). The highest BCUT2D eigenvalue weighted by Gasteiger charge is 2.13. The minimum absolute atomic E-state index is 0.696. The number of rotatable bonds is 3. The lowest BCUT2D eigenvalue weighted by atomic mass is 9.99. The Balaban J connectivity index is 1.79. The fraction of sp³-hybridized carbons (Fsp3) is 0.500. The molecule has 1 N–H and O–H groups in total. The molecule has 1 saturated heterocycles. The molecule has 0 radical (unpaired) electrons. The summed E-state index contributed by atoms with van der Waals surface area (Å²) in [4.78, 5) is 0. The van der Waals surface area contributed by atoms with Crippen LogP contribution in [0.5, 0.6) is 5.75 Å². The first-order valence-corrected chi connectivity index (χ1v) is 5.81. The molecule has 1 fully saturated rings. The van der Waals surface area contributed by atoms with Crippen LogP contribution in [-0.2, 0) is 0 Å². The molecule has 0 spiro atoms. The number of benzene rings is 1. The van der Waals surface area contributed by atoms with Crippen molar-refractivity contribution >= 4 is 11.6 Å². The van der Waals surface area contributed by atoms with Crippen LogP contribution in [-0.4, -0.2) is 19.7 Å². The highest BCUT2D eigenvalue weighted by molar-refractivity contribution is 6.30. The van der Waals surface area contributed by atoms with Gasteiger partial charge in [-0.2, -0.15) is 0 Å². The van der Waals surface area contributed by atoms with Crippen LogP contribution in [0.25, 0.3) is 0 Å². The summed E-state index contributed by atoms with van der Waals surface area (Å²) in [7, 11) is 0. The molecule has 0 saturated carbocycles. The van der Waals surface area contributed by atoms with Gasteiger partial charge < -0.3 is 10.1 Å². The summed E-state index contributed by atoms with van der Waals surface area (Å²) in [6.45, 7) is 3.06. The van der Waals surface area contributed by atoms with E-state index in [4.69, 9.17) is 16.3 Å². The van der Waals surface area contributed by atoms with Crippen molar-refractivity contribution in [1.29, 1.82) is 0 Å². The third-order valence-corrected chi connectivity index (χ3v) is 3.01. The highest BCUT2D eigenvalue weighted by atomic mass is 35.5. The number of nitrogens with one attached hydrogen (secondary N) is 1. The highest BCUT2D eigenvalue weighted by Crippen LogP contribution is 2.18. The molecule has 0 aromatic heterocycles. The maximum atomic E-state index is 5.80. The summed E-state index contributed by atoms with van der Waals surface area (Å²) in [6, 6.07) is 7.56. The van der Waals surface area contributed by atoms with E-state index in [-0.39, 0.29) is 0 Å². The normalized spacial score (nSPS) is 17.7. The van der Waals surface area contributed by atoms with E-state index in [9.17, 15) is 0 Å². The molecule has 1 aromatic carbocycles.